The quantitative estimate of drug-likeness (QED) is 0.796. The predicted molar refractivity (Wildman–Crippen MR) is 61.9 cm³/mol. The Morgan fingerprint density at radius 3 is 2.65 bits per heavy atom. The Bertz CT molecular complexity index is 394. The maximum atomic E-state index is 13.2. The van der Waals surface area contributed by atoms with Crippen LogP contribution in [0.2, 0.25) is 0 Å². The average molecular weight is 242 g/mol. The lowest BCUT2D eigenvalue weighted by Crippen LogP contribution is -2.27. The van der Waals surface area contributed by atoms with Gasteiger partial charge in [-0.3, -0.25) is 4.79 Å². The van der Waals surface area contributed by atoms with E-state index in [9.17, 15) is 13.6 Å². The van der Waals surface area contributed by atoms with Crippen molar-refractivity contribution in [2.24, 2.45) is 0 Å². The lowest BCUT2D eigenvalue weighted by atomic mass is 10.2. The summed E-state index contributed by atoms with van der Waals surface area (Å²) in [5.74, 6) is -2.04. The first kappa shape index (κ1) is 13.6. The lowest BCUT2D eigenvalue weighted by Gasteiger charge is -2.10. The Hall–Kier alpha value is -1.49. The van der Waals surface area contributed by atoms with Crippen LogP contribution in [-0.2, 0) is 0 Å². The minimum absolute atomic E-state index is 0.128. The van der Waals surface area contributed by atoms with Gasteiger partial charge >= 0.3 is 0 Å². The van der Waals surface area contributed by atoms with Gasteiger partial charge in [-0.1, -0.05) is 0 Å². The van der Waals surface area contributed by atoms with Gasteiger partial charge in [0.05, 0.1) is 5.56 Å². The zero-order valence-corrected chi connectivity index (χ0v) is 9.96. The maximum Gasteiger partial charge on any atom is 0.254 e. The molecule has 5 heteroatoms. The largest absolute Gasteiger partial charge is 0.352 e. The van der Waals surface area contributed by atoms with Crippen molar-refractivity contribution in [2.45, 2.75) is 6.42 Å². The molecule has 0 aromatic heterocycles. The highest BCUT2D eigenvalue weighted by Gasteiger charge is 2.11. The Morgan fingerprint density at radius 2 is 2.06 bits per heavy atom. The smallest absolute Gasteiger partial charge is 0.254 e. The molecule has 0 radical (unpaired) electrons. The molecule has 0 spiro atoms. The van der Waals surface area contributed by atoms with Crippen molar-refractivity contribution in [3.05, 3.63) is 35.4 Å². The highest BCUT2D eigenvalue weighted by atomic mass is 19.1. The van der Waals surface area contributed by atoms with E-state index in [1.54, 1.807) is 0 Å². The zero-order valence-electron chi connectivity index (χ0n) is 9.96. The molecule has 0 aliphatic carbocycles. The SMILES string of the molecule is CN(C)CCCNC(=O)c1ccc(F)cc1F. The molecule has 3 nitrogen and oxygen atoms in total. The summed E-state index contributed by atoms with van der Waals surface area (Å²) in [5, 5.41) is 2.59. The van der Waals surface area contributed by atoms with Crippen LogP contribution in [0, 0.1) is 11.6 Å². The summed E-state index contributed by atoms with van der Waals surface area (Å²) in [4.78, 5) is 13.5. The Balaban J connectivity index is 2.47. The molecule has 0 aliphatic heterocycles. The zero-order chi connectivity index (χ0) is 12.8. The molecular weight excluding hydrogens is 226 g/mol. The number of nitrogens with zero attached hydrogens (tertiary/aromatic N) is 1. The third kappa shape index (κ3) is 4.48. The van der Waals surface area contributed by atoms with Crippen molar-refractivity contribution >= 4 is 5.91 Å². The molecule has 0 saturated heterocycles. The number of nitrogens with one attached hydrogen (secondary N) is 1. The van der Waals surface area contributed by atoms with Crippen LogP contribution in [0.5, 0.6) is 0 Å². The molecule has 1 aromatic carbocycles. The summed E-state index contributed by atoms with van der Waals surface area (Å²) in [6.07, 6.45) is 0.779. The van der Waals surface area contributed by atoms with E-state index in [0.29, 0.717) is 12.6 Å². The van der Waals surface area contributed by atoms with Crippen molar-refractivity contribution in [2.75, 3.05) is 27.2 Å². The van der Waals surface area contributed by atoms with Gasteiger partial charge < -0.3 is 10.2 Å². The van der Waals surface area contributed by atoms with Crippen molar-refractivity contribution in [3.8, 4) is 0 Å². The number of hydrogen-bond acceptors (Lipinski definition) is 2. The molecule has 1 aromatic rings. The normalized spacial score (nSPS) is 10.6. The van der Waals surface area contributed by atoms with Gasteiger partial charge in [-0.25, -0.2) is 8.78 Å². The molecule has 1 N–H and O–H groups in total. The van der Waals surface area contributed by atoms with Crippen molar-refractivity contribution in [3.63, 3.8) is 0 Å². The second-order valence-corrected chi connectivity index (χ2v) is 4.04. The van der Waals surface area contributed by atoms with Crippen LogP contribution in [0.3, 0.4) is 0 Å². The van der Waals surface area contributed by atoms with E-state index in [0.717, 1.165) is 25.1 Å². The Kier molecular flexibility index (Phi) is 5.03. The van der Waals surface area contributed by atoms with E-state index >= 15 is 0 Å². The van der Waals surface area contributed by atoms with E-state index in [4.69, 9.17) is 0 Å². The first-order valence-corrected chi connectivity index (χ1v) is 5.38. The molecule has 1 amide bonds. The van der Waals surface area contributed by atoms with Crippen LogP contribution in [0.4, 0.5) is 8.78 Å². The monoisotopic (exact) mass is 242 g/mol. The number of rotatable bonds is 5. The summed E-state index contributed by atoms with van der Waals surface area (Å²) in [6.45, 7) is 1.31. The van der Waals surface area contributed by atoms with Gasteiger partial charge in [-0.15, -0.1) is 0 Å². The highest BCUT2D eigenvalue weighted by Crippen LogP contribution is 2.09. The second kappa shape index (κ2) is 6.30. The number of carbonyl (C=O) groups is 1. The maximum absolute atomic E-state index is 13.2. The molecular formula is C12H16F2N2O. The van der Waals surface area contributed by atoms with E-state index in [2.05, 4.69) is 5.32 Å². The van der Waals surface area contributed by atoms with E-state index in [1.807, 2.05) is 19.0 Å². The predicted octanol–water partition coefficient (Wildman–Crippen LogP) is 1.65. The molecule has 17 heavy (non-hydrogen) atoms. The molecule has 1 rings (SSSR count). The Labute approximate surface area is 99.4 Å². The molecule has 0 aliphatic rings. The van der Waals surface area contributed by atoms with Crippen LogP contribution in [0.15, 0.2) is 18.2 Å². The van der Waals surface area contributed by atoms with Gasteiger partial charge in [0.15, 0.2) is 0 Å². The van der Waals surface area contributed by atoms with Gasteiger partial charge in [0.2, 0.25) is 0 Å². The van der Waals surface area contributed by atoms with Gasteiger partial charge in [0.25, 0.3) is 5.91 Å². The highest BCUT2D eigenvalue weighted by molar-refractivity contribution is 5.94. The first-order valence-electron chi connectivity index (χ1n) is 5.38. The molecule has 0 bridgehead atoms. The summed E-state index contributed by atoms with van der Waals surface area (Å²) in [6, 6.07) is 2.92. The van der Waals surface area contributed by atoms with E-state index in [-0.39, 0.29) is 5.56 Å². The average Bonchev–Trinajstić information content (AvgIpc) is 2.23. The first-order chi connectivity index (χ1) is 8.00. The van der Waals surface area contributed by atoms with Gasteiger partial charge in [-0.2, -0.15) is 0 Å². The van der Waals surface area contributed by atoms with Crippen LogP contribution < -0.4 is 5.32 Å². The molecule has 0 atom stereocenters. The topological polar surface area (TPSA) is 32.3 Å². The summed E-state index contributed by atoms with van der Waals surface area (Å²) < 4.78 is 25.9. The summed E-state index contributed by atoms with van der Waals surface area (Å²) in [5.41, 5.74) is -0.128. The van der Waals surface area contributed by atoms with Crippen LogP contribution in [0.1, 0.15) is 16.8 Å². The third-order valence-corrected chi connectivity index (χ3v) is 2.24. The van der Waals surface area contributed by atoms with Crippen molar-refractivity contribution in [1.82, 2.24) is 10.2 Å². The fourth-order valence-corrected chi connectivity index (χ4v) is 1.37. The number of hydrogen-bond donors (Lipinski definition) is 1. The molecule has 0 saturated carbocycles. The number of benzene rings is 1. The fraction of sp³-hybridized carbons (Fsp3) is 0.417. The van der Waals surface area contributed by atoms with Crippen LogP contribution >= 0.6 is 0 Å². The van der Waals surface area contributed by atoms with E-state index in [1.165, 1.54) is 0 Å². The minimum Gasteiger partial charge on any atom is -0.352 e. The number of carbonyl (C=O) groups excluding carboxylic acids is 1. The number of halogens is 2. The molecule has 0 heterocycles. The minimum atomic E-state index is -0.838. The molecule has 94 valence electrons. The number of amides is 1. The summed E-state index contributed by atoms with van der Waals surface area (Å²) >= 11 is 0. The van der Waals surface area contributed by atoms with Crippen LogP contribution in [-0.4, -0.2) is 38.0 Å². The summed E-state index contributed by atoms with van der Waals surface area (Å²) in [7, 11) is 3.86. The second-order valence-electron chi connectivity index (χ2n) is 4.04. The lowest BCUT2D eigenvalue weighted by molar-refractivity contribution is 0.0948. The fourth-order valence-electron chi connectivity index (χ4n) is 1.37. The molecule has 0 fully saturated rings. The van der Waals surface area contributed by atoms with Crippen molar-refractivity contribution in [1.29, 1.82) is 0 Å². The van der Waals surface area contributed by atoms with E-state index < -0.39 is 17.5 Å². The van der Waals surface area contributed by atoms with Gasteiger partial charge in [0, 0.05) is 12.6 Å². The van der Waals surface area contributed by atoms with Gasteiger partial charge in [0.1, 0.15) is 11.6 Å². The third-order valence-electron chi connectivity index (χ3n) is 2.24. The standard InChI is InChI=1S/C12H16F2N2O/c1-16(2)7-3-6-15-12(17)10-5-4-9(13)8-11(10)14/h4-5,8H,3,6-7H2,1-2H3,(H,15,17). The van der Waals surface area contributed by atoms with Gasteiger partial charge in [-0.05, 0) is 39.2 Å². The van der Waals surface area contributed by atoms with Crippen molar-refractivity contribution < 1.29 is 13.6 Å². The Morgan fingerprint density at radius 1 is 1.35 bits per heavy atom. The molecule has 0 unspecified atom stereocenters. The van der Waals surface area contributed by atoms with Crippen LogP contribution in [0.25, 0.3) is 0 Å².